The van der Waals surface area contributed by atoms with Crippen LogP contribution in [-0.2, 0) is 4.79 Å². The Morgan fingerprint density at radius 2 is 1.76 bits per heavy atom. The van der Waals surface area contributed by atoms with Crippen molar-refractivity contribution >= 4 is 17.5 Å². The number of fused-ring (bicyclic) bond motifs is 1. The molecule has 17 heavy (non-hydrogen) atoms. The van der Waals surface area contributed by atoms with Crippen molar-refractivity contribution in [2.75, 3.05) is 0 Å². The normalized spacial score (nSPS) is 16.2. The Morgan fingerprint density at radius 1 is 1.18 bits per heavy atom. The molecule has 0 aliphatic heterocycles. The topological polar surface area (TPSA) is 71.4 Å². The molecule has 0 bridgehead atoms. The molecule has 2 rings (SSSR count). The molecular formula is C13H10O4. The summed E-state index contributed by atoms with van der Waals surface area (Å²) in [5.41, 5.74) is 0.656. The lowest BCUT2D eigenvalue weighted by molar-refractivity contribution is -0.139. The highest BCUT2D eigenvalue weighted by atomic mass is 16.4. The maximum Gasteiger partial charge on any atom is 0.310 e. The van der Waals surface area contributed by atoms with Crippen LogP contribution in [0.15, 0.2) is 35.9 Å². The van der Waals surface area contributed by atoms with E-state index < -0.39 is 11.9 Å². The third-order valence-corrected chi connectivity index (χ3v) is 2.82. The smallest absolute Gasteiger partial charge is 0.310 e. The van der Waals surface area contributed by atoms with Crippen molar-refractivity contribution in [1.29, 1.82) is 0 Å². The van der Waals surface area contributed by atoms with Gasteiger partial charge in [0.05, 0.1) is 5.92 Å². The van der Waals surface area contributed by atoms with Crippen LogP contribution < -0.4 is 0 Å². The van der Waals surface area contributed by atoms with Gasteiger partial charge in [-0.15, -0.1) is 0 Å². The molecule has 86 valence electrons. The van der Waals surface area contributed by atoms with Gasteiger partial charge >= 0.3 is 5.97 Å². The first-order valence-electron chi connectivity index (χ1n) is 5.15. The van der Waals surface area contributed by atoms with Gasteiger partial charge in [0.1, 0.15) is 0 Å². The van der Waals surface area contributed by atoms with Gasteiger partial charge in [-0.1, -0.05) is 24.3 Å². The number of carboxylic acids is 1. The van der Waals surface area contributed by atoms with Gasteiger partial charge in [0.15, 0.2) is 11.6 Å². The van der Waals surface area contributed by atoms with Gasteiger partial charge in [0.2, 0.25) is 0 Å². The number of hydrogen-bond donors (Lipinski definition) is 1. The zero-order valence-electron chi connectivity index (χ0n) is 9.14. The van der Waals surface area contributed by atoms with Gasteiger partial charge in [0, 0.05) is 16.7 Å². The molecule has 0 radical (unpaired) electrons. The van der Waals surface area contributed by atoms with Gasteiger partial charge in [-0.2, -0.15) is 0 Å². The molecule has 0 saturated heterocycles. The van der Waals surface area contributed by atoms with Crippen LogP contribution in [0, 0.1) is 5.92 Å². The number of benzene rings is 1. The highest BCUT2D eigenvalue weighted by Crippen LogP contribution is 2.25. The van der Waals surface area contributed by atoms with Crippen molar-refractivity contribution < 1.29 is 19.5 Å². The maximum absolute atomic E-state index is 12.0. The summed E-state index contributed by atoms with van der Waals surface area (Å²) in [7, 11) is 0. The molecule has 1 N–H and O–H groups in total. The highest BCUT2D eigenvalue weighted by molar-refractivity contribution is 6.25. The first-order chi connectivity index (χ1) is 8.02. The SMILES string of the molecule is CC(C(=O)O)C1=CC(=O)c2ccccc2C1=O. The minimum Gasteiger partial charge on any atom is -0.481 e. The van der Waals surface area contributed by atoms with Gasteiger partial charge in [0.25, 0.3) is 0 Å². The minimum absolute atomic E-state index is 0.0428. The summed E-state index contributed by atoms with van der Waals surface area (Å²) in [6, 6.07) is 6.42. The number of aliphatic carboxylic acids is 1. The van der Waals surface area contributed by atoms with E-state index in [0.29, 0.717) is 5.56 Å². The van der Waals surface area contributed by atoms with Crippen molar-refractivity contribution in [2.24, 2.45) is 5.92 Å². The molecule has 1 unspecified atom stereocenters. The number of ketones is 2. The fourth-order valence-electron chi connectivity index (χ4n) is 1.79. The van der Waals surface area contributed by atoms with Crippen molar-refractivity contribution in [1.82, 2.24) is 0 Å². The Morgan fingerprint density at radius 3 is 2.35 bits per heavy atom. The Hall–Kier alpha value is -2.23. The third-order valence-electron chi connectivity index (χ3n) is 2.82. The largest absolute Gasteiger partial charge is 0.481 e. The Balaban J connectivity index is 2.52. The first kappa shape index (κ1) is 11.3. The van der Waals surface area contributed by atoms with Crippen LogP contribution in [0.5, 0.6) is 0 Å². The quantitative estimate of drug-likeness (QED) is 0.839. The molecule has 0 aromatic heterocycles. The molecule has 0 heterocycles. The summed E-state index contributed by atoms with van der Waals surface area (Å²) < 4.78 is 0. The van der Waals surface area contributed by atoms with Crippen molar-refractivity contribution in [3.8, 4) is 0 Å². The zero-order valence-corrected chi connectivity index (χ0v) is 9.14. The standard InChI is InChI=1S/C13H10O4/c1-7(13(16)17)10-6-11(14)8-4-2-3-5-9(8)12(10)15/h2-7H,1H3,(H,16,17). The number of allylic oxidation sites excluding steroid dienone is 1. The van der Waals surface area contributed by atoms with Crippen molar-refractivity contribution in [3.05, 3.63) is 47.0 Å². The van der Waals surface area contributed by atoms with Crippen LogP contribution in [-0.4, -0.2) is 22.6 Å². The number of hydrogen-bond acceptors (Lipinski definition) is 3. The van der Waals surface area contributed by atoms with Crippen LogP contribution in [0.4, 0.5) is 0 Å². The molecule has 4 heteroatoms. The minimum atomic E-state index is -1.11. The number of carbonyl (C=O) groups is 3. The summed E-state index contributed by atoms with van der Waals surface area (Å²) in [5, 5.41) is 8.88. The van der Waals surface area contributed by atoms with E-state index in [-0.39, 0.29) is 22.7 Å². The molecular weight excluding hydrogens is 220 g/mol. The first-order valence-corrected chi connectivity index (χ1v) is 5.15. The Bertz CT molecular complexity index is 554. The van der Waals surface area contributed by atoms with Crippen LogP contribution in [0.3, 0.4) is 0 Å². The predicted molar refractivity (Wildman–Crippen MR) is 60.0 cm³/mol. The van der Waals surface area contributed by atoms with E-state index in [2.05, 4.69) is 0 Å². The third kappa shape index (κ3) is 1.78. The molecule has 0 fully saturated rings. The Labute approximate surface area is 97.6 Å². The van der Waals surface area contributed by atoms with E-state index in [1.54, 1.807) is 18.2 Å². The van der Waals surface area contributed by atoms with Gasteiger partial charge in [-0.05, 0) is 13.0 Å². The van der Waals surface area contributed by atoms with E-state index in [1.165, 1.54) is 13.0 Å². The lowest BCUT2D eigenvalue weighted by Gasteiger charge is -2.17. The predicted octanol–water partition coefficient (Wildman–Crippen LogP) is 1.71. The number of rotatable bonds is 2. The molecule has 0 saturated carbocycles. The van der Waals surface area contributed by atoms with Crippen LogP contribution in [0.2, 0.25) is 0 Å². The molecule has 0 amide bonds. The number of Topliss-reactive ketones (excluding diaryl/α,β-unsaturated/α-hetero) is 1. The van der Waals surface area contributed by atoms with E-state index >= 15 is 0 Å². The Kier molecular flexibility index (Phi) is 2.63. The summed E-state index contributed by atoms with van der Waals surface area (Å²) in [6.45, 7) is 1.40. The van der Waals surface area contributed by atoms with E-state index in [9.17, 15) is 14.4 Å². The summed E-state index contributed by atoms with van der Waals surface area (Å²) in [5.74, 6) is -2.78. The van der Waals surface area contributed by atoms with Gasteiger partial charge in [-0.3, -0.25) is 14.4 Å². The van der Waals surface area contributed by atoms with Crippen LogP contribution in [0.1, 0.15) is 27.6 Å². The maximum atomic E-state index is 12.0. The molecule has 4 nitrogen and oxygen atoms in total. The van der Waals surface area contributed by atoms with E-state index in [0.717, 1.165) is 6.08 Å². The second-order valence-corrected chi connectivity index (χ2v) is 3.90. The summed E-state index contributed by atoms with van der Waals surface area (Å²) in [6.07, 6.45) is 1.13. The zero-order chi connectivity index (χ0) is 12.6. The highest BCUT2D eigenvalue weighted by Gasteiger charge is 2.30. The lowest BCUT2D eigenvalue weighted by atomic mass is 9.84. The average molecular weight is 230 g/mol. The number of carbonyl (C=O) groups excluding carboxylic acids is 2. The summed E-state index contributed by atoms with van der Waals surface area (Å²) in [4.78, 5) is 34.6. The second kappa shape index (κ2) is 3.97. The van der Waals surface area contributed by atoms with Crippen molar-refractivity contribution in [3.63, 3.8) is 0 Å². The monoisotopic (exact) mass is 230 g/mol. The fraction of sp³-hybridized carbons (Fsp3) is 0.154. The lowest BCUT2D eigenvalue weighted by Crippen LogP contribution is -2.24. The molecule has 1 aromatic rings. The van der Waals surface area contributed by atoms with Gasteiger partial charge < -0.3 is 5.11 Å². The fourth-order valence-corrected chi connectivity index (χ4v) is 1.79. The number of carboxylic acid groups (broad SMARTS) is 1. The van der Waals surface area contributed by atoms with Gasteiger partial charge in [-0.25, -0.2) is 0 Å². The molecule has 1 aliphatic carbocycles. The van der Waals surface area contributed by atoms with Crippen LogP contribution in [0.25, 0.3) is 0 Å². The molecule has 1 atom stereocenters. The molecule has 1 aliphatic rings. The summed E-state index contributed by atoms with van der Waals surface area (Å²) >= 11 is 0. The van der Waals surface area contributed by atoms with E-state index in [1.807, 2.05) is 0 Å². The van der Waals surface area contributed by atoms with E-state index in [4.69, 9.17) is 5.11 Å². The average Bonchev–Trinajstić information content (AvgIpc) is 2.33. The molecule has 0 spiro atoms. The van der Waals surface area contributed by atoms with Crippen LogP contribution >= 0.6 is 0 Å². The van der Waals surface area contributed by atoms with Crippen molar-refractivity contribution in [2.45, 2.75) is 6.92 Å². The second-order valence-electron chi connectivity index (χ2n) is 3.90. The molecule has 1 aromatic carbocycles.